The minimum atomic E-state index is -0.344. The summed E-state index contributed by atoms with van der Waals surface area (Å²) in [5.74, 6) is 0.166. The van der Waals surface area contributed by atoms with E-state index in [9.17, 15) is 9.50 Å². The number of benzene rings is 1. The van der Waals surface area contributed by atoms with Crippen LogP contribution in [0, 0.1) is 5.82 Å². The van der Waals surface area contributed by atoms with Crippen molar-refractivity contribution in [2.45, 2.75) is 6.04 Å². The quantitative estimate of drug-likeness (QED) is 0.833. The molecule has 1 atom stereocenters. The van der Waals surface area contributed by atoms with Gasteiger partial charge in [-0.25, -0.2) is 4.39 Å². The topological polar surface area (TPSA) is 44.7 Å². The third-order valence-electron chi connectivity index (χ3n) is 3.33. The van der Waals surface area contributed by atoms with Crippen molar-refractivity contribution in [1.29, 1.82) is 0 Å². The first kappa shape index (κ1) is 13.3. The lowest BCUT2D eigenvalue weighted by molar-refractivity contribution is 0.106. The van der Waals surface area contributed by atoms with Gasteiger partial charge in [-0.1, -0.05) is 6.07 Å². The summed E-state index contributed by atoms with van der Waals surface area (Å²) in [5.41, 5.74) is 0.449. The molecule has 4 nitrogen and oxygen atoms in total. The highest BCUT2D eigenvalue weighted by Crippen LogP contribution is 2.31. The monoisotopic (exact) mass is 254 g/mol. The second kappa shape index (κ2) is 6.13. The van der Waals surface area contributed by atoms with Crippen molar-refractivity contribution >= 4 is 0 Å². The Labute approximate surface area is 106 Å². The molecule has 0 spiro atoms. The average Bonchev–Trinajstić information content (AvgIpc) is 2.42. The molecule has 1 heterocycles. The molecule has 18 heavy (non-hydrogen) atoms. The lowest BCUT2D eigenvalue weighted by Gasteiger charge is -2.34. The third kappa shape index (κ3) is 2.63. The van der Waals surface area contributed by atoms with Crippen LogP contribution in [0.3, 0.4) is 0 Å². The van der Waals surface area contributed by atoms with Crippen LogP contribution in [-0.2, 0) is 0 Å². The molecule has 0 radical (unpaired) electrons. The zero-order chi connectivity index (χ0) is 13.0. The van der Waals surface area contributed by atoms with Crippen LogP contribution in [0.15, 0.2) is 18.2 Å². The van der Waals surface area contributed by atoms with E-state index in [1.165, 1.54) is 13.2 Å². The van der Waals surface area contributed by atoms with Crippen LogP contribution < -0.4 is 10.1 Å². The summed E-state index contributed by atoms with van der Waals surface area (Å²) in [5, 5.41) is 12.8. The normalized spacial score (nSPS) is 18.6. The molecule has 1 aliphatic rings. The van der Waals surface area contributed by atoms with Gasteiger partial charge in [-0.2, -0.15) is 0 Å². The Hall–Kier alpha value is -1.17. The maximum Gasteiger partial charge on any atom is 0.131 e. The Morgan fingerprint density at radius 1 is 1.44 bits per heavy atom. The Morgan fingerprint density at radius 3 is 2.78 bits per heavy atom. The van der Waals surface area contributed by atoms with E-state index in [1.807, 2.05) is 0 Å². The van der Waals surface area contributed by atoms with Crippen LogP contribution in [0.1, 0.15) is 11.6 Å². The first-order valence-electron chi connectivity index (χ1n) is 6.16. The van der Waals surface area contributed by atoms with Crippen LogP contribution in [0.5, 0.6) is 5.75 Å². The van der Waals surface area contributed by atoms with Crippen molar-refractivity contribution in [3.8, 4) is 5.75 Å². The molecule has 0 bridgehead atoms. The fourth-order valence-corrected chi connectivity index (χ4v) is 2.40. The predicted octanol–water partition coefficient (Wildman–Crippen LogP) is 0.773. The Kier molecular flexibility index (Phi) is 4.52. The maximum absolute atomic E-state index is 14.0. The smallest absolute Gasteiger partial charge is 0.131 e. The minimum absolute atomic E-state index is 0.114. The van der Waals surface area contributed by atoms with Gasteiger partial charge in [-0.3, -0.25) is 4.90 Å². The molecule has 0 unspecified atom stereocenters. The van der Waals surface area contributed by atoms with Crippen LogP contribution in [0.25, 0.3) is 0 Å². The summed E-state index contributed by atoms with van der Waals surface area (Å²) in [6, 6.07) is 4.40. The predicted molar refractivity (Wildman–Crippen MR) is 67.2 cm³/mol. The van der Waals surface area contributed by atoms with Gasteiger partial charge >= 0.3 is 0 Å². The van der Waals surface area contributed by atoms with Crippen molar-refractivity contribution in [3.63, 3.8) is 0 Å². The number of nitrogens with one attached hydrogen (secondary N) is 1. The lowest BCUT2D eigenvalue weighted by Crippen LogP contribution is -2.46. The van der Waals surface area contributed by atoms with E-state index < -0.39 is 0 Å². The highest BCUT2D eigenvalue weighted by atomic mass is 19.1. The number of halogens is 1. The SMILES string of the molecule is COc1cccc(F)c1[C@@H](CO)N1CCNCC1. The summed E-state index contributed by atoms with van der Waals surface area (Å²) in [4.78, 5) is 2.08. The Bertz CT molecular complexity index is 395. The maximum atomic E-state index is 14.0. The first-order valence-corrected chi connectivity index (χ1v) is 6.16. The van der Waals surface area contributed by atoms with E-state index in [0.29, 0.717) is 11.3 Å². The van der Waals surface area contributed by atoms with Gasteiger partial charge in [0.15, 0.2) is 0 Å². The van der Waals surface area contributed by atoms with Gasteiger partial charge in [0.25, 0.3) is 0 Å². The zero-order valence-corrected chi connectivity index (χ0v) is 10.5. The number of aliphatic hydroxyl groups is 1. The molecular weight excluding hydrogens is 235 g/mol. The summed E-state index contributed by atoms with van der Waals surface area (Å²) >= 11 is 0. The van der Waals surface area contributed by atoms with Crippen molar-refractivity contribution in [3.05, 3.63) is 29.6 Å². The summed E-state index contributed by atoms with van der Waals surface area (Å²) < 4.78 is 19.2. The van der Waals surface area contributed by atoms with E-state index in [4.69, 9.17) is 4.74 Å². The van der Waals surface area contributed by atoms with Gasteiger partial charge in [0, 0.05) is 31.7 Å². The molecule has 5 heteroatoms. The Balaban J connectivity index is 2.31. The number of methoxy groups -OCH3 is 1. The largest absolute Gasteiger partial charge is 0.496 e. The van der Waals surface area contributed by atoms with Crippen LogP contribution in [-0.4, -0.2) is 49.9 Å². The number of ether oxygens (including phenoxy) is 1. The molecule has 0 amide bonds. The molecule has 0 saturated carbocycles. The van der Waals surface area contributed by atoms with Gasteiger partial charge in [0.05, 0.1) is 19.8 Å². The van der Waals surface area contributed by atoms with Crippen LogP contribution >= 0.6 is 0 Å². The van der Waals surface area contributed by atoms with Crippen molar-refractivity contribution in [1.82, 2.24) is 10.2 Å². The number of hydrogen-bond donors (Lipinski definition) is 2. The number of aliphatic hydroxyl groups excluding tert-OH is 1. The molecule has 0 aliphatic carbocycles. The molecule has 0 aromatic heterocycles. The van der Waals surface area contributed by atoms with E-state index in [2.05, 4.69) is 10.2 Å². The van der Waals surface area contributed by atoms with E-state index in [1.54, 1.807) is 12.1 Å². The van der Waals surface area contributed by atoms with Crippen LogP contribution in [0.2, 0.25) is 0 Å². The summed E-state index contributed by atoms with van der Waals surface area (Å²) in [7, 11) is 1.52. The van der Waals surface area contributed by atoms with E-state index >= 15 is 0 Å². The van der Waals surface area contributed by atoms with Gasteiger partial charge in [-0.15, -0.1) is 0 Å². The van der Waals surface area contributed by atoms with Crippen LogP contribution in [0.4, 0.5) is 4.39 Å². The second-order valence-corrected chi connectivity index (χ2v) is 4.34. The fourth-order valence-electron chi connectivity index (χ4n) is 2.40. The van der Waals surface area contributed by atoms with Gasteiger partial charge < -0.3 is 15.2 Å². The van der Waals surface area contributed by atoms with Gasteiger partial charge in [-0.05, 0) is 12.1 Å². The molecule has 1 saturated heterocycles. The van der Waals surface area contributed by atoms with E-state index in [0.717, 1.165) is 26.2 Å². The highest BCUT2D eigenvalue weighted by molar-refractivity contribution is 5.37. The van der Waals surface area contributed by atoms with Crippen molar-refractivity contribution in [2.75, 3.05) is 39.9 Å². The molecule has 2 N–H and O–H groups in total. The molecule has 1 aliphatic heterocycles. The number of hydrogen-bond acceptors (Lipinski definition) is 4. The van der Waals surface area contributed by atoms with Crippen molar-refractivity contribution < 1.29 is 14.2 Å². The molecule has 1 fully saturated rings. The number of piperazine rings is 1. The molecule has 100 valence electrons. The summed E-state index contributed by atoms with van der Waals surface area (Å²) in [6.45, 7) is 3.18. The molecule has 1 aromatic carbocycles. The number of nitrogens with zero attached hydrogens (tertiary/aromatic N) is 1. The average molecular weight is 254 g/mol. The van der Waals surface area contributed by atoms with E-state index in [-0.39, 0.29) is 18.5 Å². The standard InChI is InChI=1S/C13H19FN2O2/c1-18-12-4-2-3-10(14)13(12)11(9-17)16-7-5-15-6-8-16/h2-4,11,15,17H,5-9H2,1H3/t11-/m1/s1. The minimum Gasteiger partial charge on any atom is -0.496 e. The highest BCUT2D eigenvalue weighted by Gasteiger charge is 2.26. The lowest BCUT2D eigenvalue weighted by atomic mass is 10.0. The zero-order valence-electron chi connectivity index (χ0n) is 10.5. The molecule has 1 aromatic rings. The second-order valence-electron chi connectivity index (χ2n) is 4.34. The molecule has 2 rings (SSSR count). The third-order valence-corrected chi connectivity index (χ3v) is 3.33. The molecular formula is C13H19FN2O2. The summed E-state index contributed by atoms with van der Waals surface area (Å²) in [6.07, 6.45) is 0. The van der Waals surface area contributed by atoms with Gasteiger partial charge in [0.2, 0.25) is 0 Å². The fraction of sp³-hybridized carbons (Fsp3) is 0.538. The first-order chi connectivity index (χ1) is 8.77. The number of rotatable bonds is 4. The van der Waals surface area contributed by atoms with Crippen molar-refractivity contribution in [2.24, 2.45) is 0 Å². The van der Waals surface area contributed by atoms with Gasteiger partial charge in [0.1, 0.15) is 11.6 Å². The Morgan fingerprint density at radius 2 is 2.17 bits per heavy atom.